The smallest absolute Gasteiger partial charge is 0.387 e. The lowest BCUT2D eigenvalue weighted by Crippen LogP contribution is -2.38. The van der Waals surface area contributed by atoms with Gasteiger partial charge in [0.15, 0.2) is 0 Å². The lowest BCUT2D eigenvalue weighted by molar-refractivity contribution is -0.139. The molecule has 6 heteroatoms. The van der Waals surface area contributed by atoms with Crippen molar-refractivity contribution in [2.24, 2.45) is 0 Å². The topological polar surface area (TPSA) is 32.3 Å². The Bertz CT molecular complexity index is 437. The second-order valence-corrected chi connectivity index (χ2v) is 5.38. The zero-order chi connectivity index (χ0) is 14.8. The average Bonchev–Trinajstić information content (AvgIpc) is 2.23. The molecule has 0 aliphatic heterocycles. The molecular weight excluding hydrogens is 262 g/mol. The third-order valence-corrected chi connectivity index (χ3v) is 2.51. The molecule has 19 heavy (non-hydrogen) atoms. The zero-order valence-electron chi connectivity index (χ0n) is 11.0. The van der Waals surface area contributed by atoms with Crippen LogP contribution >= 0.6 is 0 Å². The second-order valence-electron chi connectivity index (χ2n) is 5.38. The van der Waals surface area contributed by atoms with Crippen LogP contribution in [0.1, 0.15) is 38.0 Å². The summed E-state index contributed by atoms with van der Waals surface area (Å²) in [5, 5.41) is 12.7. The van der Waals surface area contributed by atoms with E-state index in [1.807, 2.05) is 20.8 Å². The SMILES string of the molecule is CC(C)(C)NCC(O)c1ccc(F)cc1C(F)(F)F. The number of benzene rings is 1. The van der Waals surface area contributed by atoms with Crippen molar-refractivity contribution in [1.29, 1.82) is 0 Å². The zero-order valence-corrected chi connectivity index (χ0v) is 11.0. The average molecular weight is 279 g/mol. The Morgan fingerprint density at radius 1 is 1.21 bits per heavy atom. The number of rotatable bonds is 3. The lowest BCUT2D eigenvalue weighted by atomic mass is 10.0. The Morgan fingerprint density at radius 3 is 2.26 bits per heavy atom. The first-order valence-corrected chi connectivity index (χ1v) is 5.80. The quantitative estimate of drug-likeness (QED) is 0.832. The summed E-state index contributed by atoms with van der Waals surface area (Å²) in [6, 6.07) is 2.27. The Hall–Kier alpha value is -1.14. The maximum atomic E-state index is 12.9. The van der Waals surface area contributed by atoms with Crippen LogP contribution in [0, 0.1) is 5.82 Å². The number of hydrogen-bond acceptors (Lipinski definition) is 2. The van der Waals surface area contributed by atoms with Crippen LogP contribution in [0.2, 0.25) is 0 Å². The molecule has 108 valence electrons. The van der Waals surface area contributed by atoms with Crippen LogP contribution in [-0.4, -0.2) is 17.2 Å². The van der Waals surface area contributed by atoms with E-state index in [-0.39, 0.29) is 17.6 Å². The van der Waals surface area contributed by atoms with E-state index >= 15 is 0 Å². The highest BCUT2D eigenvalue weighted by Gasteiger charge is 2.35. The molecule has 0 aliphatic rings. The van der Waals surface area contributed by atoms with Crippen molar-refractivity contribution in [2.75, 3.05) is 6.54 Å². The molecule has 1 aromatic rings. The third kappa shape index (κ3) is 4.80. The van der Waals surface area contributed by atoms with Gasteiger partial charge >= 0.3 is 6.18 Å². The standard InChI is InChI=1S/C13H17F4NO/c1-12(2,3)18-7-11(19)9-5-4-8(14)6-10(9)13(15,16)17/h4-6,11,18-19H,7H2,1-3H3. The van der Waals surface area contributed by atoms with E-state index in [2.05, 4.69) is 5.32 Å². The van der Waals surface area contributed by atoms with Gasteiger partial charge in [-0.3, -0.25) is 0 Å². The highest BCUT2D eigenvalue weighted by Crippen LogP contribution is 2.35. The van der Waals surface area contributed by atoms with Gasteiger partial charge in [-0.05, 0) is 38.5 Å². The number of halogens is 4. The van der Waals surface area contributed by atoms with Gasteiger partial charge in [0.25, 0.3) is 0 Å². The highest BCUT2D eigenvalue weighted by atomic mass is 19.4. The summed E-state index contributed by atoms with van der Waals surface area (Å²) < 4.78 is 51.2. The van der Waals surface area contributed by atoms with Crippen molar-refractivity contribution < 1.29 is 22.7 Å². The monoisotopic (exact) mass is 279 g/mol. The van der Waals surface area contributed by atoms with Crippen LogP contribution in [0.5, 0.6) is 0 Å². The Morgan fingerprint density at radius 2 is 1.79 bits per heavy atom. The second kappa shape index (κ2) is 5.46. The molecule has 0 spiro atoms. The minimum absolute atomic E-state index is 0.0434. The van der Waals surface area contributed by atoms with Crippen molar-refractivity contribution in [2.45, 2.75) is 38.6 Å². The summed E-state index contributed by atoms with van der Waals surface area (Å²) in [5.74, 6) is -0.980. The Labute approximate surface area is 109 Å². The highest BCUT2D eigenvalue weighted by molar-refractivity contribution is 5.32. The third-order valence-electron chi connectivity index (χ3n) is 2.51. The van der Waals surface area contributed by atoms with Gasteiger partial charge < -0.3 is 10.4 Å². The van der Waals surface area contributed by atoms with Gasteiger partial charge in [-0.25, -0.2) is 4.39 Å². The lowest BCUT2D eigenvalue weighted by Gasteiger charge is -2.24. The minimum atomic E-state index is -4.69. The summed E-state index contributed by atoms with van der Waals surface area (Å²) in [5.41, 5.74) is -1.80. The van der Waals surface area contributed by atoms with Crippen LogP contribution < -0.4 is 5.32 Å². The van der Waals surface area contributed by atoms with Crippen LogP contribution in [0.4, 0.5) is 17.6 Å². The van der Waals surface area contributed by atoms with Crippen molar-refractivity contribution in [1.82, 2.24) is 5.32 Å². The van der Waals surface area contributed by atoms with Gasteiger partial charge in [0, 0.05) is 12.1 Å². The Balaban J connectivity index is 3.00. The number of alkyl halides is 3. The molecule has 1 aromatic carbocycles. The van der Waals surface area contributed by atoms with Crippen LogP contribution in [0.25, 0.3) is 0 Å². The fraction of sp³-hybridized carbons (Fsp3) is 0.538. The van der Waals surface area contributed by atoms with E-state index in [9.17, 15) is 22.7 Å². The number of hydrogen-bond donors (Lipinski definition) is 2. The number of nitrogens with one attached hydrogen (secondary N) is 1. The van der Waals surface area contributed by atoms with Gasteiger partial charge in [0.1, 0.15) is 5.82 Å². The molecule has 2 nitrogen and oxygen atoms in total. The molecule has 1 unspecified atom stereocenters. The van der Waals surface area contributed by atoms with E-state index in [4.69, 9.17) is 0 Å². The first-order valence-electron chi connectivity index (χ1n) is 5.80. The van der Waals surface area contributed by atoms with Gasteiger partial charge in [0.05, 0.1) is 11.7 Å². The molecule has 0 amide bonds. The molecule has 0 saturated heterocycles. The molecule has 1 atom stereocenters. The predicted molar refractivity (Wildman–Crippen MR) is 64.1 cm³/mol. The molecule has 0 bridgehead atoms. The van der Waals surface area contributed by atoms with Crippen LogP contribution in [-0.2, 0) is 6.18 Å². The normalized spacial score (nSPS) is 14.5. The summed E-state index contributed by atoms with van der Waals surface area (Å²) in [6.45, 7) is 5.44. The summed E-state index contributed by atoms with van der Waals surface area (Å²) >= 11 is 0. The van der Waals surface area contributed by atoms with Gasteiger partial charge in [-0.1, -0.05) is 6.07 Å². The van der Waals surface area contributed by atoms with Crippen LogP contribution in [0.15, 0.2) is 18.2 Å². The molecule has 0 heterocycles. The molecule has 0 aromatic heterocycles. The predicted octanol–water partition coefficient (Wildman–Crippen LogP) is 3.27. The molecular formula is C13H17F4NO. The van der Waals surface area contributed by atoms with E-state index in [1.165, 1.54) is 0 Å². The molecule has 1 rings (SSSR count). The minimum Gasteiger partial charge on any atom is -0.387 e. The maximum absolute atomic E-state index is 12.9. The first-order chi connectivity index (χ1) is 8.50. The fourth-order valence-corrected chi connectivity index (χ4v) is 1.58. The molecule has 0 aliphatic carbocycles. The fourth-order valence-electron chi connectivity index (χ4n) is 1.58. The Kier molecular flexibility index (Phi) is 4.58. The summed E-state index contributed by atoms with van der Waals surface area (Å²) in [7, 11) is 0. The molecule has 0 radical (unpaired) electrons. The van der Waals surface area contributed by atoms with Crippen molar-refractivity contribution in [3.8, 4) is 0 Å². The van der Waals surface area contributed by atoms with Gasteiger partial charge in [0.2, 0.25) is 0 Å². The maximum Gasteiger partial charge on any atom is 0.416 e. The van der Waals surface area contributed by atoms with E-state index in [0.29, 0.717) is 6.07 Å². The summed E-state index contributed by atoms with van der Waals surface area (Å²) in [4.78, 5) is 0. The number of β-amino-alcohol motifs (C(OH)–C–C–N with tert-alkyl or cyclic N) is 1. The molecule has 0 fully saturated rings. The van der Waals surface area contributed by atoms with E-state index in [1.54, 1.807) is 0 Å². The molecule has 0 saturated carbocycles. The number of aliphatic hydroxyl groups is 1. The van der Waals surface area contributed by atoms with Crippen LogP contribution in [0.3, 0.4) is 0 Å². The van der Waals surface area contributed by atoms with Gasteiger partial charge in [-0.2, -0.15) is 13.2 Å². The van der Waals surface area contributed by atoms with Crippen molar-refractivity contribution >= 4 is 0 Å². The van der Waals surface area contributed by atoms with Crippen molar-refractivity contribution in [3.63, 3.8) is 0 Å². The first kappa shape index (κ1) is 15.9. The van der Waals surface area contributed by atoms with E-state index < -0.39 is 23.7 Å². The van der Waals surface area contributed by atoms with E-state index in [0.717, 1.165) is 12.1 Å². The number of aliphatic hydroxyl groups excluding tert-OH is 1. The van der Waals surface area contributed by atoms with Gasteiger partial charge in [-0.15, -0.1) is 0 Å². The largest absolute Gasteiger partial charge is 0.416 e. The summed E-state index contributed by atoms with van der Waals surface area (Å²) in [6.07, 6.45) is -6.04. The van der Waals surface area contributed by atoms with Crippen molar-refractivity contribution in [3.05, 3.63) is 35.1 Å². The molecule has 2 N–H and O–H groups in total.